The summed E-state index contributed by atoms with van der Waals surface area (Å²) in [5, 5.41) is 9.61. The SMILES string of the molecule is CCOP(=O)(OCC)C(Nc1ccc(CC(=O)NCCCNC(=O)[C@@]2(C)CC[C@]3(C)CC[C@]4(C)C(=CC(=O)[C@@H]5[C@@]6(C)CC[C@H](OC(C)=O)C(C)(C)[C@@H]6CC[C@]54C)[C@@H]3C2)cc1)c1cccc(Br)c1. The van der Waals surface area contributed by atoms with Gasteiger partial charge in [0.1, 0.15) is 6.10 Å². The number of benzene rings is 2. The van der Waals surface area contributed by atoms with E-state index in [9.17, 15) is 23.7 Å². The summed E-state index contributed by atoms with van der Waals surface area (Å²) >= 11 is 3.52. The second kappa shape index (κ2) is 19.5. The third kappa shape index (κ3) is 9.65. The second-order valence-corrected chi connectivity index (χ2v) is 25.5. The molecule has 4 saturated carbocycles. The van der Waals surface area contributed by atoms with E-state index in [0.29, 0.717) is 25.2 Å². The summed E-state index contributed by atoms with van der Waals surface area (Å²) < 4.78 is 32.2. The number of nitrogens with one attached hydrogen (secondary N) is 3. The Bertz CT molecular complexity index is 2270. The Morgan fingerprint density at radius 2 is 1.52 bits per heavy atom. The van der Waals surface area contributed by atoms with E-state index in [4.69, 9.17) is 13.8 Å². The van der Waals surface area contributed by atoms with Crippen LogP contribution in [0.15, 0.2) is 64.7 Å². The highest BCUT2D eigenvalue weighted by Gasteiger charge is 2.70. The van der Waals surface area contributed by atoms with Crippen LogP contribution in [-0.2, 0) is 43.9 Å². The molecule has 1 unspecified atom stereocenters. The molecule has 4 fully saturated rings. The molecule has 2 aromatic rings. The second-order valence-electron chi connectivity index (χ2n) is 22.5. The standard InChI is InChI=1S/C54H77BrN3O8P/c1-11-64-67(63,65-12-2)47(37-15-13-16-38(55)32-37)58-39-19-17-36(18-20-39)31-45(61)56-29-14-30-57-48(62)51(7)26-25-50(6)27-28-53(9)40(41(50)34-51)33-42(60)46-52(8)23-22-44(66-35(3)59)49(4,5)43(52)21-24-54(46,53)10/h13,15-20,32-33,41,43-44,46-47,58H,11-12,14,21-31,34H2,1-10H3,(H,56,61)(H,57,62)/t41-,43-,44-,46+,47?,50+,51-,52-,53+,54+/m0/s1. The zero-order valence-electron chi connectivity index (χ0n) is 41.8. The number of amides is 2. The molecule has 7 rings (SSSR count). The van der Waals surface area contributed by atoms with Crippen molar-refractivity contribution in [1.82, 2.24) is 10.6 Å². The van der Waals surface area contributed by atoms with E-state index >= 15 is 0 Å². The predicted octanol–water partition coefficient (Wildman–Crippen LogP) is 11.9. The van der Waals surface area contributed by atoms with Gasteiger partial charge in [0.05, 0.1) is 19.6 Å². The minimum absolute atomic E-state index is 0.0281. The number of allylic oxidation sites excluding steroid dienone is 2. The molecule has 5 aliphatic rings. The van der Waals surface area contributed by atoms with Crippen LogP contribution in [0.25, 0.3) is 0 Å². The van der Waals surface area contributed by atoms with Crippen LogP contribution in [0, 0.1) is 50.2 Å². The third-order valence-electron chi connectivity index (χ3n) is 18.1. The number of anilines is 1. The molecule has 0 radical (unpaired) electrons. The van der Waals surface area contributed by atoms with Gasteiger partial charge in [-0.3, -0.25) is 23.7 Å². The van der Waals surface area contributed by atoms with Crippen LogP contribution in [0.3, 0.4) is 0 Å². The Kier molecular flexibility index (Phi) is 15.0. The summed E-state index contributed by atoms with van der Waals surface area (Å²) in [6, 6.07) is 15.0. The molecule has 0 bridgehead atoms. The van der Waals surface area contributed by atoms with Gasteiger partial charge in [0.25, 0.3) is 0 Å². The fourth-order valence-corrected chi connectivity index (χ4v) is 16.5. The molecule has 11 nitrogen and oxygen atoms in total. The van der Waals surface area contributed by atoms with Crippen LogP contribution in [-0.4, -0.2) is 56.0 Å². The number of ether oxygens (including phenoxy) is 1. The van der Waals surface area contributed by atoms with E-state index in [1.54, 1.807) is 13.8 Å². The Balaban J connectivity index is 0.941. The first kappa shape index (κ1) is 51.5. The Hall–Kier alpha value is -3.31. The van der Waals surface area contributed by atoms with E-state index in [2.05, 4.69) is 86.4 Å². The first-order valence-electron chi connectivity index (χ1n) is 25.0. The molecular formula is C54H77BrN3O8P. The fraction of sp³-hybridized carbons (Fsp3) is 0.667. The number of fused-ring (bicyclic) bond motifs is 7. The van der Waals surface area contributed by atoms with Crippen molar-refractivity contribution in [2.45, 2.75) is 152 Å². The van der Waals surface area contributed by atoms with Crippen molar-refractivity contribution in [1.29, 1.82) is 0 Å². The summed E-state index contributed by atoms with van der Waals surface area (Å²) in [4.78, 5) is 54.2. The Morgan fingerprint density at radius 1 is 0.851 bits per heavy atom. The van der Waals surface area contributed by atoms with Crippen molar-refractivity contribution < 1.29 is 37.5 Å². The lowest BCUT2D eigenvalue weighted by molar-refractivity contribution is -0.210. The Morgan fingerprint density at radius 3 is 2.18 bits per heavy atom. The van der Waals surface area contributed by atoms with Gasteiger partial charge in [-0.25, -0.2) is 0 Å². The summed E-state index contributed by atoms with van der Waals surface area (Å²) in [5.74, 6) is -0.472. The molecule has 0 spiro atoms. The molecule has 0 aromatic heterocycles. The highest BCUT2D eigenvalue weighted by atomic mass is 79.9. The molecule has 67 heavy (non-hydrogen) atoms. The van der Waals surface area contributed by atoms with E-state index in [1.165, 1.54) is 12.5 Å². The maximum atomic E-state index is 14.9. The molecule has 368 valence electrons. The first-order chi connectivity index (χ1) is 31.5. The molecule has 0 saturated heterocycles. The van der Waals surface area contributed by atoms with E-state index in [0.717, 1.165) is 73.4 Å². The number of esters is 1. The van der Waals surface area contributed by atoms with Gasteiger partial charge in [0.15, 0.2) is 11.6 Å². The number of hydrogen-bond acceptors (Lipinski definition) is 9. The van der Waals surface area contributed by atoms with Gasteiger partial charge < -0.3 is 29.7 Å². The van der Waals surface area contributed by atoms with Crippen LogP contribution in [0.5, 0.6) is 0 Å². The van der Waals surface area contributed by atoms with Crippen LogP contribution in [0.4, 0.5) is 5.69 Å². The van der Waals surface area contributed by atoms with Crippen molar-refractivity contribution in [3.8, 4) is 0 Å². The van der Waals surface area contributed by atoms with Crippen LogP contribution >= 0.6 is 23.5 Å². The molecule has 13 heteroatoms. The van der Waals surface area contributed by atoms with Gasteiger partial charge in [-0.2, -0.15) is 0 Å². The lowest BCUT2D eigenvalue weighted by Gasteiger charge is -2.70. The summed E-state index contributed by atoms with van der Waals surface area (Å²) in [7, 11) is -3.59. The molecule has 2 aromatic carbocycles. The minimum atomic E-state index is -3.59. The first-order valence-corrected chi connectivity index (χ1v) is 27.4. The number of hydrogen-bond donors (Lipinski definition) is 3. The molecular weight excluding hydrogens is 929 g/mol. The third-order valence-corrected chi connectivity index (χ3v) is 20.8. The topological polar surface area (TPSA) is 149 Å². The van der Waals surface area contributed by atoms with Gasteiger partial charge in [-0.05, 0) is 153 Å². The maximum absolute atomic E-state index is 14.9. The van der Waals surface area contributed by atoms with Crippen molar-refractivity contribution >= 4 is 52.8 Å². The van der Waals surface area contributed by atoms with Crippen molar-refractivity contribution in [3.63, 3.8) is 0 Å². The summed E-state index contributed by atoms with van der Waals surface area (Å²) in [6.45, 7) is 22.6. The number of ketones is 1. The quantitative estimate of drug-likeness (QED) is 0.0849. The fourth-order valence-electron chi connectivity index (χ4n) is 14.2. The number of rotatable bonds is 16. The van der Waals surface area contributed by atoms with Gasteiger partial charge in [0, 0.05) is 46.9 Å². The normalized spacial score (nSPS) is 33.7. The average molecular weight is 1010 g/mol. The minimum Gasteiger partial charge on any atom is -0.462 e. The average Bonchev–Trinajstić information content (AvgIpc) is 3.25. The van der Waals surface area contributed by atoms with E-state index in [-0.39, 0.29) is 94.1 Å². The number of carbonyl (C=O) groups excluding carboxylic acids is 4. The lowest BCUT2D eigenvalue weighted by atomic mass is 9.33. The molecule has 2 amide bonds. The van der Waals surface area contributed by atoms with Crippen LogP contribution in [0.2, 0.25) is 0 Å². The smallest absolute Gasteiger partial charge is 0.357 e. The van der Waals surface area contributed by atoms with Crippen molar-refractivity contribution in [3.05, 3.63) is 75.8 Å². The molecule has 10 atom stereocenters. The monoisotopic (exact) mass is 1010 g/mol. The van der Waals surface area contributed by atoms with Gasteiger partial charge in [-0.1, -0.05) is 94.2 Å². The van der Waals surface area contributed by atoms with Gasteiger partial charge in [0.2, 0.25) is 11.8 Å². The molecule has 5 aliphatic carbocycles. The summed E-state index contributed by atoms with van der Waals surface area (Å²) in [6.07, 6.45) is 10.9. The lowest BCUT2D eigenvalue weighted by Crippen LogP contribution is -2.66. The van der Waals surface area contributed by atoms with Gasteiger partial charge >= 0.3 is 13.6 Å². The van der Waals surface area contributed by atoms with Crippen molar-refractivity contribution in [2.75, 3.05) is 31.6 Å². The number of carbonyl (C=O) groups is 4. The number of halogens is 1. The van der Waals surface area contributed by atoms with Crippen LogP contribution in [0.1, 0.15) is 150 Å². The van der Waals surface area contributed by atoms with Gasteiger partial charge in [-0.15, -0.1) is 0 Å². The Labute approximate surface area is 408 Å². The van der Waals surface area contributed by atoms with Crippen molar-refractivity contribution in [2.24, 2.45) is 50.2 Å². The largest absolute Gasteiger partial charge is 0.462 e. The summed E-state index contributed by atoms with van der Waals surface area (Å²) in [5.41, 5.74) is 2.24. The zero-order chi connectivity index (χ0) is 48.8. The molecule has 3 N–H and O–H groups in total. The zero-order valence-corrected chi connectivity index (χ0v) is 44.3. The highest BCUT2D eigenvalue weighted by Crippen LogP contribution is 2.75. The van der Waals surface area contributed by atoms with Crippen LogP contribution < -0.4 is 16.0 Å². The maximum Gasteiger partial charge on any atom is 0.357 e. The highest BCUT2D eigenvalue weighted by molar-refractivity contribution is 9.10. The van der Waals surface area contributed by atoms with E-state index < -0.39 is 18.8 Å². The predicted molar refractivity (Wildman–Crippen MR) is 267 cm³/mol. The van der Waals surface area contributed by atoms with E-state index in [1.807, 2.05) is 48.5 Å². The molecule has 0 aliphatic heterocycles. The molecule has 0 heterocycles.